The number of rotatable bonds is 6. The van der Waals surface area contributed by atoms with Crippen molar-refractivity contribution in [1.29, 1.82) is 0 Å². The van der Waals surface area contributed by atoms with Crippen molar-refractivity contribution < 1.29 is 0 Å². The van der Waals surface area contributed by atoms with E-state index >= 15 is 0 Å². The molecule has 1 aliphatic carbocycles. The number of nitrogens with zero attached hydrogens (tertiary/aromatic N) is 3. The fourth-order valence-electron chi connectivity index (χ4n) is 9.28. The maximum absolute atomic E-state index is 5.06. The first kappa shape index (κ1) is 36.0. The van der Waals surface area contributed by atoms with Crippen molar-refractivity contribution >= 4 is 48.6 Å². The highest BCUT2D eigenvalue weighted by Gasteiger charge is 2.23. The highest BCUT2D eigenvalue weighted by atomic mass is 32.1. The topological polar surface area (TPSA) is 29.0 Å². The lowest BCUT2D eigenvalue weighted by molar-refractivity contribution is 1.27. The third-order valence-electron chi connectivity index (χ3n) is 12.1. The molecule has 0 unspecified atom stereocenters. The van der Waals surface area contributed by atoms with E-state index in [-0.39, 0.29) is 0 Å². The summed E-state index contributed by atoms with van der Waals surface area (Å²) in [5, 5.41) is 2.46. The van der Waals surface area contributed by atoms with Crippen LogP contribution < -0.4 is 4.90 Å². The zero-order valence-electron chi connectivity index (χ0n) is 33.6. The smallest absolute Gasteiger partial charge is 0.0881 e. The molecule has 0 saturated heterocycles. The lowest BCUT2D eigenvalue weighted by atomic mass is 9.80. The van der Waals surface area contributed by atoms with E-state index < -0.39 is 0 Å². The van der Waals surface area contributed by atoms with Gasteiger partial charge in [-0.3, -0.25) is 9.97 Å². The highest BCUT2D eigenvalue weighted by molar-refractivity contribution is 7.26. The van der Waals surface area contributed by atoms with Gasteiger partial charge in [0.25, 0.3) is 0 Å². The molecule has 0 spiro atoms. The van der Waals surface area contributed by atoms with E-state index in [2.05, 4.69) is 210 Å². The molecule has 8 aromatic carbocycles. The minimum absolute atomic E-state index is 0.944. The molecule has 0 atom stereocenters. The van der Waals surface area contributed by atoms with Crippen molar-refractivity contribution in [3.63, 3.8) is 0 Å². The number of anilines is 3. The van der Waals surface area contributed by atoms with Crippen molar-refractivity contribution in [1.82, 2.24) is 9.97 Å². The van der Waals surface area contributed by atoms with Gasteiger partial charge < -0.3 is 4.90 Å². The zero-order valence-corrected chi connectivity index (χ0v) is 34.4. The number of para-hydroxylation sites is 1. The van der Waals surface area contributed by atoms with Crippen LogP contribution in [0.1, 0.15) is 0 Å². The Kier molecular flexibility index (Phi) is 8.68. The van der Waals surface area contributed by atoms with E-state index in [0.717, 1.165) is 39.6 Å². The molecule has 0 saturated carbocycles. The SMILES string of the molecule is c1ccc(N(c2cccc(-c3ccccn3)c2)c2cccc(-c3nccc4c3sc3cc(-c5ccc6c(c5)-c5ccccc5-c5ccccc5-c5ccccc5-6)ccc34)c2)cc1. The van der Waals surface area contributed by atoms with Crippen LogP contribution >= 0.6 is 11.3 Å². The van der Waals surface area contributed by atoms with Gasteiger partial charge >= 0.3 is 0 Å². The monoisotopic (exact) mass is 807 g/mol. The van der Waals surface area contributed by atoms with E-state index in [9.17, 15) is 0 Å². The molecule has 0 radical (unpaired) electrons. The van der Waals surface area contributed by atoms with Crippen LogP contribution in [0.4, 0.5) is 17.1 Å². The fourth-order valence-corrected chi connectivity index (χ4v) is 10.5. The summed E-state index contributed by atoms with van der Waals surface area (Å²) in [6.45, 7) is 0. The molecule has 62 heavy (non-hydrogen) atoms. The number of pyridine rings is 2. The number of fused-ring (bicyclic) bond motifs is 11. The van der Waals surface area contributed by atoms with Gasteiger partial charge in [0.2, 0.25) is 0 Å². The van der Waals surface area contributed by atoms with E-state index in [1.54, 1.807) is 0 Å². The summed E-state index contributed by atoms with van der Waals surface area (Å²) in [6.07, 6.45) is 3.80. The van der Waals surface area contributed by atoms with Crippen LogP contribution in [0.25, 0.3) is 98.3 Å². The average molecular weight is 808 g/mol. The summed E-state index contributed by atoms with van der Waals surface area (Å²) >= 11 is 1.82. The Morgan fingerprint density at radius 2 is 0.871 bits per heavy atom. The van der Waals surface area contributed by atoms with Crippen molar-refractivity contribution in [2.75, 3.05) is 4.90 Å². The van der Waals surface area contributed by atoms with Gasteiger partial charge in [-0.05, 0) is 122 Å². The molecule has 12 rings (SSSR count). The molecule has 3 aromatic heterocycles. The van der Waals surface area contributed by atoms with Gasteiger partial charge in [-0.2, -0.15) is 0 Å². The Morgan fingerprint density at radius 1 is 0.323 bits per heavy atom. The van der Waals surface area contributed by atoms with E-state index in [4.69, 9.17) is 4.98 Å². The van der Waals surface area contributed by atoms with Gasteiger partial charge in [-0.25, -0.2) is 0 Å². The van der Waals surface area contributed by atoms with Gasteiger partial charge in [0.1, 0.15) is 0 Å². The number of benzene rings is 8. The number of hydrogen-bond acceptors (Lipinski definition) is 4. The molecule has 0 amide bonds. The minimum atomic E-state index is 0.944. The summed E-state index contributed by atoms with van der Waals surface area (Å²) in [6, 6.07) is 76.6. The van der Waals surface area contributed by atoms with Crippen molar-refractivity contribution in [3.05, 3.63) is 225 Å². The lowest BCUT2D eigenvalue weighted by Gasteiger charge is -2.26. The molecule has 290 valence electrons. The third-order valence-corrected chi connectivity index (χ3v) is 13.3. The predicted molar refractivity (Wildman–Crippen MR) is 261 cm³/mol. The summed E-state index contributed by atoms with van der Waals surface area (Å²) in [5.74, 6) is 0. The summed E-state index contributed by atoms with van der Waals surface area (Å²) in [4.78, 5) is 12.0. The first-order chi connectivity index (χ1) is 30.7. The van der Waals surface area contributed by atoms with Gasteiger partial charge in [-0.1, -0.05) is 146 Å². The van der Waals surface area contributed by atoms with Crippen LogP contribution in [0.3, 0.4) is 0 Å². The maximum Gasteiger partial charge on any atom is 0.0881 e. The first-order valence-electron chi connectivity index (χ1n) is 21.0. The van der Waals surface area contributed by atoms with Gasteiger partial charge in [0, 0.05) is 56.1 Å². The lowest BCUT2D eigenvalue weighted by Crippen LogP contribution is -2.10. The first-order valence-corrected chi connectivity index (χ1v) is 21.8. The second-order valence-corrected chi connectivity index (χ2v) is 16.8. The van der Waals surface area contributed by atoms with Crippen LogP contribution in [0.2, 0.25) is 0 Å². The Balaban J connectivity index is 0.958. The molecule has 4 heteroatoms. The highest BCUT2D eigenvalue weighted by Crippen LogP contribution is 2.49. The molecule has 11 aromatic rings. The second-order valence-electron chi connectivity index (χ2n) is 15.7. The van der Waals surface area contributed by atoms with E-state index in [1.807, 2.05) is 35.9 Å². The molecular weight excluding hydrogens is 771 g/mol. The quantitative estimate of drug-likeness (QED) is 0.168. The molecule has 1 aliphatic rings. The minimum Gasteiger partial charge on any atom is -0.310 e. The van der Waals surface area contributed by atoms with Crippen LogP contribution in [0, 0.1) is 0 Å². The third kappa shape index (κ3) is 6.11. The van der Waals surface area contributed by atoms with Crippen LogP contribution in [-0.4, -0.2) is 9.97 Å². The van der Waals surface area contributed by atoms with Gasteiger partial charge in [0.15, 0.2) is 0 Å². The number of thiophene rings is 1. The molecule has 0 bridgehead atoms. The van der Waals surface area contributed by atoms with E-state index in [1.165, 1.54) is 75.8 Å². The average Bonchev–Trinajstić information content (AvgIpc) is 3.73. The fraction of sp³-hybridized carbons (Fsp3) is 0. The normalized spacial score (nSPS) is 11.5. The van der Waals surface area contributed by atoms with Crippen LogP contribution in [0.15, 0.2) is 225 Å². The Hall–Kier alpha value is -7.92. The number of hydrogen-bond donors (Lipinski definition) is 0. The Morgan fingerprint density at radius 3 is 1.53 bits per heavy atom. The molecular formula is C58H37N3S. The predicted octanol–water partition coefficient (Wildman–Crippen LogP) is 16.3. The molecule has 0 aliphatic heterocycles. The Bertz CT molecular complexity index is 3470. The van der Waals surface area contributed by atoms with Crippen LogP contribution in [-0.2, 0) is 0 Å². The van der Waals surface area contributed by atoms with Crippen molar-refractivity contribution in [3.8, 4) is 78.1 Å². The van der Waals surface area contributed by atoms with Crippen LogP contribution in [0.5, 0.6) is 0 Å². The summed E-state index contributed by atoms with van der Waals surface area (Å²) in [7, 11) is 0. The largest absolute Gasteiger partial charge is 0.310 e. The molecule has 0 fully saturated rings. The molecule has 0 N–H and O–H groups in total. The molecule has 3 heterocycles. The zero-order chi connectivity index (χ0) is 41.0. The maximum atomic E-state index is 5.06. The summed E-state index contributed by atoms with van der Waals surface area (Å²) in [5.41, 5.74) is 19.7. The number of aromatic nitrogens is 2. The standard InChI is InChI=1S/C58H37N3S/c1-2-16-42(17-3-1)61(43-18-12-14-40(34-43)55-26-10-11-32-59-55)44-19-13-15-41(35-44)57-58-53(31-33-60-57)52-30-28-39(37-56(52)62-58)38-27-29-51-49-24-7-6-22-47(49)45-20-4-5-21-46(45)48-23-8-9-25-50(48)54(51)36-38/h1-37H. The van der Waals surface area contributed by atoms with Gasteiger partial charge in [0.05, 0.1) is 16.1 Å². The Labute approximate surface area is 364 Å². The summed E-state index contributed by atoms with van der Waals surface area (Å²) < 4.78 is 2.43. The molecule has 3 nitrogen and oxygen atoms in total. The van der Waals surface area contributed by atoms with Gasteiger partial charge in [-0.15, -0.1) is 11.3 Å². The second kappa shape index (κ2) is 15.0. The van der Waals surface area contributed by atoms with Crippen molar-refractivity contribution in [2.24, 2.45) is 0 Å². The van der Waals surface area contributed by atoms with E-state index in [0.29, 0.717) is 0 Å². The van der Waals surface area contributed by atoms with Crippen molar-refractivity contribution in [2.45, 2.75) is 0 Å².